The molecule has 31 heavy (non-hydrogen) atoms. The molecule has 6 heteroatoms. The van der Waals surface area contributed by atoms with Crippen LogP contribution in [0, 0.1) is 13.8 Å². The summed E-state index contributed by atoms with van der Waals surface area (Å²) >= 11 is 1.74. The van der Waals surface area contributed by atoms with Crippen molar-refractivity contribution in [2.75, 3.05) is 36.8 Å². The van der Waals surface area contributed by atoms with Gasteiger partial charge in [0.2, 0.25) is 5.91 Å². The first-order valence-corrected chi connectivity index (χ1v) is 11.7. The molecule has 0 bridgehead atoms. The maximum Gasteiger partial charge on any atom is 0.223 e. The monoisotopic (exact) mass is 432 g/mol. The van der Waals surface area contributed by atoms with Gasteiger partial charge in [0.25, 0.3) is 0 Å². The largest absolute Gasteiger partial charge is 0.352 e. The zero-order valence-corrected chi connectivity index (χ0v) is 18.9. The molecule has 3 aromatic rings. The van der Waals surface area contributed by atoms with E-state index in [-0.39, 0.29) is 5.91 Å². The quantitative estimate of drug-likeness (QED) is 0.533. The number of thioether (sulfide) groups is 1. The van der Waals surface area contributed by atoms with Crippen molar-refractivity contribution in [3.63, 3.8) is 0 Å². The Kier molecular flexibility index (Phi) is 6.87. The predicted molar refractivity (Wildman–Crippen MR) is 128 cm³/mol. The van der Waals surface area contributed by atoms with Crippen molar-refractivity contribution in [3.8, 4) is 11.3 Å². The third-order valence-corrected chi connectivity index (χ3v) is 6.61. The Hall–Kier alpha value is -2.86. The fourth-order valence-electron chi connectivity index (χ4n) is 3.85. The second-order valence-electron chi connectivity index (χ2n) is 7.87. The summed E-state index contributed by atoms with van der Waals surface area (Å²) in [6.45, 7) is 7.24. The van der Waals surface area contributed by atoms with Crippen LogP contribution in [0.5, 0.6) is 0 Å². The summed E-state index contributed by atoms with van der Waals surface area (Å²) in [5.41, 5.74) is 4.47. The summed E-state index contributed by atoms with van der Waals surface area (Å²) in [7, 11) is 0. The highest BCUT2D eigenvalue weighted by Crippen LogP contribution is 2.24. The van der Waals surface area contributed by atoms with Gasteiger partial charge in [-0.2, -0.15) is 0 Å². The number of carbonyl (C=O) groups is 1. The Morgan fingerprint density at radius 3 is 2.39 bits per heavy atom. The van der Waals surface area contributed by atoms with Gasteiger partial charge < -0.3 is 9.80 Å². The topological polar surface area (TPSA) is 49.3 Å². The number of aryl methyl sites for hydroxylation is 2. The molecule has 1 amide bonds. The van der Waals surface area contributed by atoms with Crippen molar-refractivity contribution in [1.29, 1.82) is 0 Å². The van der Waals surface area contributed by atoms with E-state index >= 15 is 0 Å². The number of carbonyl (C=O) groups excluding carboxylic acids is 1. The molecule has 1 aromatic heterocycles. The summed E-state index contributed by atoms with van der Waals surface area (Å²) in [6, 6.07) is 20.7. The first kappa shape index (κ1) is 21.4. The van der Waals surface area contributed by atoms with Crippen LogP contribution in [0.3, 0.4) is 0 Å². The van der Waals surface area contributed by atoms with Gasteiger partial charge in [-0.05, 0) is 43.7 Å². The van der Waals surface area contributed by atoms with E-state index in [2.05, 4.69) is 59.3 Å². The molecule has 4 rings (SSSR count). The van der Waals surface area contributed by atoms with Gasteiger partial charge in [0.1, 0.15) is 0 Å². The van der Waals surface area contributed by atoms with Crippen LogP contribution in [0.2, 0.25) is 0 Å². The number of nitrogens with zero attached hydrogens (tertiary/aromatic N) is 4. The second kappa shape index (κ2) is 9.96. The lowest BCUT2D eigenvalue weighted by Crippen LogP contribution is -2.49. The van der Waals surface area contributed by atoms with E-state index < -0.39 is 0 Å². The minimum atomic E-state index is 0.236. The van der Waals surface area contributed by atoms with Crippen molar-refractivity contribution in [2.45, 2.75) is 25.2 Å². The fraction of sp³-hybridized carbons (Fsp3) is 0.320. The highest BCUT2D eigenvalue weighted by Gasteiger charge is 2.22. The molecular weight excluding hydrogens is 404 g/mol. The van der Waals surface area contributed by atoms with E-state index in [0.29, 0.717) is 6.42 Å². The third kappa shape index (κ3) is 5.44. The number of hydrogen-bond acceptors (Lipinski definition) is 5. The maximum absolute atomic E-state index is 12.6. The molecular formula is C25H28N4OS. The van der Waals surface area contributed by atoms with Gasteiger partial charge >= 0.3 is 0 Å². The normalized spacial score (nSPS) is 14.0. The van der Waals surface area contributed by atoms with Crippen molar-refractivity contribution >= 4 is 23.5 Å². The van der Waals surface area contributed by atoms with E-state index in [1.54, 1.807) is 11.8 Å². The van der Waals surface area contributed by atoms with Crippen LogP contribution in [0.4, 0.5) is 5.82 Å². The summed E-state index contributed by atoms with van der Waals surface area (Å²) in [5, 5.41) is 8.93. The average Bonchev–Trinajstić information content (AvgIpc) is 2.80. The minimum absolute atomic E-state index is 0.236. The van der Waals surface area contributed by atoms with Gasteiger partial charge in [0.15, 0.2) is 5.82 Å². The Morgan fingerprint density at radius 2 is 1.71 bits per heavy atom. The number of amides is 1. The fourth-order valence-corrected chi connectivity index (χ4v) is 4.72. The van der Waals surface area contributed by atoms with Gasteiger partial charge in [0, 0.05) is 48.8 Å². The summed E-state index contributed by atoms with van der Waals surface area (Å²) in [5.74, 6) is 1.92. The highest BCUT2D eigenvalue weighted by molar-refractivity contribution is 7.99. The van der Waals surface area contributed by atoms with Gasteiger partial charge in [-0.25, -0.2) is 0 Å². The molecule has 0 aliphatic carbocycles. The van der Waals surface area contributed by atoms with Crippen molar-refractivity contribution in [3.05, 3.63) is 71.8 Å². The lowest BCUT2D eigenvalue weighted by atomic mass is 10.0. The molecule has 1 aliphatic rings. The Balaban J connectivity index is 1.28. The first-order chi connectivity index (χ1) is 15.1. The van der Waals surface area contributed by atoms with Gasteiger partial charge in [-0.1, -0.05) is 42.0 Å². The molecule has 0 radical (unpaired) electrons. The Labute approximate surface area is 188 Å². The second-order valence-corrected chi connectivity index (χ2v) is 9.04. The average molecular weight is 433 g/mol. The van der Waals surface area contributed by atoms with Crippen LogP contribution in [-0.4, -0.2) is 52.9 Å². The van der Waals surface area contributed by atoms with Crippen LogP contribution in [0.15, 0.2) is 65.6 Å². The van der Waals surface area contributed by atoms with Crippen LogP contribution in [0.1, 0.15) is 17.5 Å². The van der Waals surface area contributed by atoms with Crippen molar-refractivity contribution in [2.24, 2.45) is 0 Å². The number of piperazine rings is 1. The maximum atomic E-state index is 12.6. The molecule has 2 heterocycles. The van der Waals surface area contributed by atoms with E-state index in [9.17, 15) is 4.79 Å². The molecule has 0 unspecified atom stereocenters. The standard InChI is InChI=1S/C25H28N4OS/c1-19-8-9-22(20(2)18-19)23-10-11-24(27-26-23)28-13-15-29(16-14-28)25(30)12-17-31-21-6-4-3-5-7-21/h3-11,18H,12-17H2,1-2H3. The third-order valence-electron chi connectivity index (χ3n) is 5.59. The summed E-state index contributed by atoms with van der Waals surface area (Å²) < 4.78 is 0. The number of aromatic nitrogens is 2. The van der Waals surface area contributed by atoms with E-state index in [1.165, 1.54) is 16.0 Å². The van der Waals surface area contributed by atoms with E-state index in [1.807, 2.05) is 35.2 Å². The SMILES string of the molecule is Cc1ccc(-c2ccc(N3CCN(C(=O)CCSc4ccccc4)CC3)nn2)c(C)c1. The van der Waals surface area contributed by atoms with Crippen LogP contribution in [-0.2, 0) is 4.79 Å². The zero-order chi connectivity index (χ0) is 21.6. The van der Waals surface area contributed by atoms with Crippen molar-refractivity contribution in [1.82, 2.24) is 15.1 Å². The highest BCUT2D eigenvalue weighted by atomic mass is 32.2. The van der Waals surface area contributed by atoms with Crippen molar-refractivity contribution < 1.29 is 4.79 Å². The molecule has 0 N–H and O–H groups in total. The van der Waals surface area contributed by atoms with Gasteiger partial charge in [-0.15, -0.1) is 22.0 Å². The van der Waals surface area contributed by atoms with Crippen LogP contribution < -0.4 is 4.90 Å². The van der Waals surface area contributed by atoms with Crippen LogP contribution in [0.25, 0.3) is 11.3 Å². The summed E-state index contributed by atoms with van der Waals surface area (Å²) in [4.78, 5) is 17.9. The smallest absolute Gasteiger partial charge is 0.223 e. The molecule has 1 saturated heterocycles. The van der Waals surface area contributed by atoms with E-state index in [4.69, 9.17) is 0 Å². The molecule has 2 aromatic carbocycles. The zero-order valence-electron chi connectivity index (χ0n) is 18.1. The lowest BCUT2D eigenvalue weighted by Gasteiger charge is -2.35. The number of hydrogen-bond donors (Lipinski definition) is 0. The number of benzene rings is 2. The molecule has 1 aliphatic heterocycles. The van der Waals surface area contributed by atoms with E-state index in [0.717, 1.165) is 49.0 Å². The molecule has 0 atom stereocenters. The molecule has 0 spiro atoms. The molecule has 0 saturated carbocycles. The molecule has 160 valence electrons. The number of rotatable bonds is 6. The Morgan fingerprint density at radius 1 is 0.935 bits per heavy atom. The summed E-state index contributed by atoms with van der Waals surface area (Å²) in [6.07, 6.45) is 0.573. The van der Waals surface area contributed by atoms with Gasteiger partial charge in [0.05, 0.1) is 5.69 Å². The minimum Gasteiger partial charge on any atom is -0.352 e. The molecule has 5 nitrogen and oxygen atoms in total. The van der Waals surface area contributed by atoms with Gasteiger partial charge in [-0.3, -0.25) is 4.79 Å². The molecule has 1 fully saturated rings. The lowest BCUT2D eigenvalue weighted by molar-refractivity contribution is -0.131. The Bertz CT molecular complexity index is 1020. The predicted octanol–water partition coefficient (Wildman–Crippen LogP) is 4.59. The first-order valence-electron chi connectivity index (χ1n) is 10.7. The van der Waals surface area contributed by atoms with Crippen LogP contribution >= 0.6 is 11.8 Å². The number of anilines is 1.